The van der Waals surface area contributed by atoms with Crippen LogP contribution in [0.5, 0.6) is 5.88 Å². The summed E-state index contributed by atoms with van der Waals surface area (Å²) >= 11 is 0. The number of amides is 2. The van der Waals surface area contributed by atoms with Crippen molar-refractivity contribution in [2.24, 2.45) is 0 Å². The predicted molar refractivity (Wildman–Crippen MR) is 130 cm³/mol. The Morgan fingerprint density at radius 2 is 1.74 bits per heavy atom. The Morgan fingerprint density at radius 1 is 1.03 bits per heavy atom. The van der Waals surface area contributed by atoms with E-state index in [0.717, 1.165) is 32.8 Å². The second kappa shape index (κ2) is 11.9. The average Bonchev–Trinajstić information content (AvgIpc) is 2.89. The molecule has 3 heterocycles. The number of hydrogen-bond acceptors (Lipinski definition) is 9. The number of nitrogens with one attached hydrogen (secondary N) is 1. The molecule has 11 nitrogen and oxygen atoms in total. The predicted octanol–water partition coefficient (Wildman–Crippen LogP) is 0.978. The first-order chi connectivity index (χ1) is 17.0. The number of ether oxygens (including phenoxy) is 3. The molecule has 0 unspecified atom stereocenters. The maximum atomic E-state index is 13.1. The van der Waals surface area contributed by atoms with Crippen LogP contribution < -0.4 is 15.0 Å². The smallest absolute Gasteiger partial charge is 0.274 e. The van der Waals surface area contributed by atoms with Crippen LogP contribution in [0.25, 0.3) is 0 Å². The molecule has 0 radical (unpaired) electrons. The van der Waals surface area contributed by atoms with Crippen molar-refractivity contribution >= 4 is 23.5 Å². The summed E-state index contributed by atoms with van der Waals surface area (Å²) in [7, 11) is 3.37. The standard InChI is InChI=1S/C24H32N6O5/c1-28(2)23(32)18-4-3-5-19(16-18)25-22(31)20-17-21(35-15-8-29-6-11-33-12-7-29)27-24(26-20)30-9-13-34-14-10-30/h3-5,16-17H,6-15H2,1-2H3,(H,25,31). The molecule has 188 valence electrons. The maximum Gasteiger partial charge on any atom is 0.274 e. The first-order valence-corrected chi connectivity index (χ1v) is 11.8. The van der Waals surface area contributed by atoms with Crippen LogP contribution in [-0.4, -0.2) is 111 Å². The molecule has 2 aliphatic rings. The molecule has 0 atom stereocenters. The van der Waals surface area contributed by atoms with Gasteiger partial charge >= 0.3 is 0 Å². The Bertz CT molecular complexity index is 1020. The molecule has 35 heavy (non-hydrogen) atoms. The largest absolute Gasteiger partial charge is 0.476 e. The van der Waals surface area contributed by atoms with Gasteiger partial charge in [-0.05, 0) is 18.2 Å². The fourth-order valence-corrected chi connectivity index (χ4v) is 3.80. The van der Waals surface area contributed by atoms with E-state index in [4.69, 9.17) is 14.2 Å². The highest BCUT2D eigenvalue weighted by Crippen LogP contribution is 2.19. The monoisotopic (exact) mass is 484 g/mol. The van der Waals surface area contributed by atoms with Gasteiger partial charge in [0.1, 0.15) is 12.3 Å². The summed E-state index contributed by atoms with van der Waals surface area (Å²) in [5.41, 5.74) is 1.17. The number of hydrogen-bond donors (Lipinski definition) is 1. The lowest BCUT2D eigenvalue weighted by molar-refractivity contribution is 0.0320. The number of benzene rings is 1. The molecule has 1 aromatic heterocycles. The summed E-state index contributed by atoms with van der Waals surface area (Å²) in [6, 6.07) is 8.36. The Labute approximate surface area is 205 Å². The molecule has 0 saturated carbocycles. The van der Waals surface area contributed by atoms with E-state index < -0.39 is 5.91 Å². The zero-order valence-corrected chi connectivity index (χ0v) is 20.2. The van der Waals surface area contributed by atoms with Crippen molar-refractivity contribution in [3.05, 3.63) is 41.6 Å². The van der Waals surface area contributed by atoms with Crippen molar-refractivity contribution < 1.29 is 23.8 Å². The molecule has 2 aliphatic heterocycles. The van der Waals surface area contributed by atoms with E-state index in [1.165, 1.54) is 4.90 Å². The zero-order valence-electron chi connectivity index (χ0n) is 20.2. The number of carbonyl (C=O) groups is 2. The average molecular weight is 485 g/mol. The second-order valence-electron chi connectivity index (χ2n) is 8.53. The van der Waals surface area contributed by atoms with E-state index >= 15 is 0 Å². The normalized spacial score (nSPS) is 16.6. The van der Waals surface area contributed by atoms with Crippen molar-refractivity contribution in [1.82, 2.24) is 19.8 Å². The number of nitrogens with zero attached hydrogens (tertiary/aromatic N) is 5. The van der Waals surface area contributed by atoms with E-state index in [1.54, 1.807) is 44.4 Å². The van der Waals surface area contributed by atoms with Crippen LogP contribution in [0.15, 0.2) is 30.3 Å². The molecule has 2 saturated heterocycles. The summed E-state index contributed by atoms with van der Waals surface area (Å²) in [6.07, 6.45) is 0. The highest BCUT2D eigenvalue weighted by atomic mass is 16.5. The van der Waals surface area contributed by atoms with E-state index in [0.29, 0.717) is 56.0 Å². The SMILES string of the molecule is CN(C)C(=O)c1cccc(NC(=O)c2cc(OCCN3CCOCC3)nc(N3CCOCC3)n2)c1. The van der Waals surface area contributed by atoms with Crippen LogP contribution in [-0.2, 0) is 9.47 Å². The Morgan fingerprint density at radius 3 is 2.46 bits per heavy atom. The molecule has 4 rings (SSSR count). The zero-order chi connectivity index (χ0) is 24.6. The lowest BCUT2D eigenvalue weighted by Gasteiger charge is -2.27. The first-order valence-electron chi connectivity index (χ1n) is 11.8. The fourth-order valence-electron chi connectivity index (χ4n) is 3.80. The molecule has 2 fully saturated rings. The van der Waals surface area contributed by atoms with Crippen LogP contribution in [0, 0.1) is 0 Å². The van der Waals surface area contributed by atoms with Gasteiger partial charge in [0.25, 0.3) is 11.8 Å². The van der Waals surface area contributed by atoms with Gasteiger partial charge in [-0.15, -0.1) is 0 Å². The Kier molecular flexibility index (Phi) is 8.45. The maximum absolute atomic E-state index is 13.1. The highest BCUT2D eigenvalue weighted by molar-refractivity contribution is 6.04. The first kappa shape index (κ1) is 24.8. The third kappa shape index (κ3) is 6.87. The van der Waals surface area contributed by atoms with Gasteiger partial charge in [0.15, 0.2) is 0 Å². The van der Waals surface area contributed by atoms with Gasteiger partial charge < -0.3 is 29.3 Å². The van der Waals surface area contributed by atoms with Crippen LogP contribution in [0.2, 0.25) is 0 Å². The van der Waals surface area contributed by atoms with E-state index in [2.05, 4.69) is 20.2 Å². The van der Waals surface area contributed by atoms with Gasteiger partial charge in [-0.25, -0.2) is 4.98 Å². The topological polar surface area (TPSA) is 109 Å². The lowest BCUT2D eigenvalue weighted by atomic mass is 10.2. The molecule has 11 heteroatoms. The van der Waals surface area contributed by atoms with Crippen molar-refractivity contribution in [3.8, 4) is 5.88 Å². The fraction of sp³-hybridized carbons (Fsp3) is 0.500. The number of anilines is 2. The minimum absolute atomic E-state index is 0.145. The number of aromatic nitrogens is 2. The van der Waals surface area contributed by atoms with Gasteiger partial charge in [0, 0.05) is 64.1 Å². The van der Waals surface area contributed by atoms with Crippen LogP contribution in [0.1, 0.15) is 20.8 Å². The van der Waals surface area contributed by atoms with Gasteiger partial charge in [0.2, 0.25) is 11.8 Å². The molecule has 2 amide bonds. The van der Waals surface area contributed by atoms with Gasteiger partial charge in [-0.3, -0.25) is 14.5 Å². The summed E-state index contributed by atoms with van der Waals surface area (Å²) in [4.78, 5) is 40.2. The van der Waals surface area contributed by atoms with E-state index in [-0.39, 0.29) is 11.6 Å². The lowest BCUT2D eigenvalue weighted by Crippen LogP contribution is -2.39. The molecular formula is C24H32N6O5. The van der Waals surface area contributed by atoms with Gasteiger partial charge in [-0.1, -0.05) is 6.07 Å². The minimum Gasteiger partial charge on any atom is -0.476 e. The van der Waals surface area contributed by atoms with E-state index in [9.17, 15) is 9.59 Å². The van der Waals surface area contributed by atoms with E-state index in [1.807, 2.05) is 4.90 Å². The minimum atomic E-state index is -0.408. The van der Waals surface area contributed by atoms with Crippen molar-refractivity contribution in [3.63, 3.8) is 0 Å². The molecule has 0 aliphatic carbocycles. The molecule has 2 aromatic rings. The summed E-state index contributed by atoms with van der Waals surface area (Å²) in [5, 5.41) is 2.84. The van der Waals surface area contributed by atoms with Crippen molar-refractivity contribution in [2.75, 3.05) is 90.1 Å². The molecule has 1 aromatic carbocycles. The van der Waals surface area contributed by atoms with Crippen molar-refractivity contribution in [1.29, 1.82) is 0 Å². The second-order valence-corrected chi connectivity index (χ2v) is 8.53. The van der Waals surface area contributed by atoms with Gasteiger partial charge in [0.05, 0.1) is 26.4 Å². The van der Waals surface area contributed by atoms with Crippen molar-refractivity contribution in [2.45, 2.75) is 0 Å². The van der Waals surface area contributed by atoms with Crippen LogP contribution in [0.4, 0.5) is 11.6 Å². The summed E-state index contributed by atoms with van der Waals surface area (Å²) in [5.74, 6) is 0.221. The highest BCUT2D eigenvalue weighted by Gasteiger charge is 2.20. The summed E-state index contributed by atoms with van der Waals surface area (Å²) < 4.78 is 16.8. The van der Waals surface area contributed by atoms with Crippen LogP contribution >= 0.6 is 0 Å². The Hall–Kier alpha value is -3.28. The third-order valence-electron chi connectivity index (χ3n) is 5.75. The van der Waals surface area contributed by atoms with Crippen LogP contribution in [0.3, 0.4) is 0 Å². The molecular weight excluding hydrogens is 452 g/mol. The molecule has 0 bridgehead atoms. The quantitative estimate of drug-likeness (QED) is 0.586. The number of rotatable bonds is 8. The number of morpholine rings is 2. The molecule has 1 N–H and O–H groups in total. The Balaban J connectivity index is 1.49. The molecule has 0 spiro atoms. The third-order valence-corrected chi connectivity index (χ3v) is 5.75. The number of carbonyl (C=O) groups excluding carboxylic acids is 2. The van der Waals surface area contributed by atoms with Gasteiger partial charge in [-0.2, -0.15) is 4.98 Å². The summed E-state index contributed by atoms with van der Waals surface area (Å²) in [6.45, 7) is 6.77.